The fourth-order valence-corrected chi connectivity index (χ4v) is 2.96. The summed E-state index contributed by atoms with van der Waals surface area (Å²) in [6.07, 6.45) is -2.82. The number of aromatic nitrogens is 1. The summed E-state index contributed by atoms with van der Waals surface area (Å²) in [4.78, 5) is 8.64. The maximum absolute atomic E-state index is 12.9. The molecule has 146 valence electrons. The number of aliphatic imine (C=N–C) groups is 1. The van der Waals surface area contributed by atoms with Gasteiger partial charge in [-0.1, -0.05) is 11.2 Å². The molecule has 1 aromatic heterocycles. The van der Waals surface area contributed by atoms with Crippen LogP contribution in [-0.4, -0.2) is 48.7 Å². The van der Waals surface area contributed by atoms with Gasteiger partial charge in [-0.25, -0.2) is 4.99 Å². The van der Waals surface area contributed by atoms with Crippen molar-refractivity contribution in [2.45, 2.75) is 19.6 Å². The van der Waals surface area contributed by atoms with E-state index in [0.717, 1.165) is 24.3 Å². The van der Waals surface area contributed by atoms with Gasteiger partial charge in [-0.05, 0) is 25.1 Å². The second kappa shape index (κ2) is 8.32. The average molecular weight is 381 g/mol. The minimum Gasteiger partial charge on any atom is -0.368 e. The second-order valence-electron chi connectivity index (χ2n) is 6.18. The summed E-state index contributed by atoms with van der Waals surface area (Å²) < 4.78 is 43.6. The molecule has 1 aliphatic heterocycles. The fourth-order valence-electron chi connectivity index (χ4n) is 2.96. The smallest absolute Gasteiger partial charge is 0.368 e. The number of halogens is 3. The molecule has 2 heterocycles. The monoisotopic (exact) mass is 381 g/mol. The summed E-state index contributed by atoms with van der Waals surface area (Å²) in [7, 11) is 0. The Balaban J connectivity index is 1.64. The van der Waals surface area contributed by atoms with E-state index in [1.807, 2.05) is 11.8 Å². The number of anilines is 1. The maximum Gasteiger partial charge on any atom is 0.416 e. The zero-order valence-electron chi connectivity index (χ0n) is 15.0. The Kier molecular flexibility index (Phi) is 5.88. The number of guanidine groups is 1. The lowest BCUT2D eigenvalue weighted by molar-refractivity contribution is -0.137. The standard InChI is InChI=1S/C18H22F3N5O/c1-2-22-17(23-13-15-6-11-27-24-15)26-9-7-25(8-10-26)16-5-3-4-14(12-16)18(19,20)21/h3-6,11-12H,2,7-10,13H2,1H3,(H,22,23). The molecule has 0 amide bonds. The van der Waals surface area contributed by atoms with E-state index in [1.54, 1.807) is 12.1 Å². The van der Waals surface area contributed by atoms with Gasteiger partial charge in [0.15, 0.2) is 5.96 Å². The Labute approximate surface area is 155 Å². The van der Waals surface area contributed by atoms with Crippen molar-refractivity contribution in [2.75, 3.05) is 37.6 Å². The molecule has 27 heavy (non-hydrogen) atoms. The molecule has 0 bridgehead atoms. The molecule has 1 aromatic carbocycles. The lowest BCUT2D eigenvalue weighted by atomic mass is 10.1. The zero-order chi connectivity index (χ0) is 19.3. The average Bonchev–Trinajstić information content (AvgIpc) is 3.18. The van der Waals surface area contributed by atoms with Gasteiger partial charge in [-0.15, -0.1) is 0 Å². The highest BCUT2D eigenvalue weighted by atomic mass is 19.4. The molecular weight excluding hydrogens is 359 g/mol. The van der Waals surface area contributed by atoms with Crippen LogP contribution in [0.1, 0.15) is 18.2 Å². The van der Waals surface area contributed by atoms with E-state index in [0.29, 0.717) is 38.4 Å². The van der Waals surface area contributed by atoms with Crippen molar-refractivity contribution < 1.29 is 17.7 Å². The lowest BCUT2D eigenvalue weighted by Gasteiger charge is -2.37. The molecule has 1 saturated heterocycles. The molecule has 0 spiro atoms. The molecule has 1 aliphatic rings. The van der Waals surface area contributed by atoms with Gasteiger partial charge in [0.05, 0.1) is 12.1 Å². The van der Waals surface area contributed by atoms with Crippen molar-refractivity contribution in [1.29, 1.82) is 0 Å². The van der Waals surface area contributed by atoms with E-state index in [2.05, 4.69) is 20.4 Å². The molecule has 2 aromatic rings. The first-order chi connectivity index (χ1) is 13.0. The summed E-state index contributed by atoms with van der Waals surface area (Å²) in [6.45, 7) is 5.70. The number of hydrogen-bond acceptors (Lipinski definition) is 4. The van der Waals surface area contributed by atoms with Crippen LogP contribution in [0.4, 0.5) is 18.9 Å². The summed E-state index contributed by atoms with van der Waals surface area (Å²) in [6, 6.07) is 7.24. The fraction of sp³-hybridized carbons (Fsp3) is 0.444. The minimum absolute atomic E-state index is 0.409. The first kappa shape index (κ1) is 19.1. The molecule has 0 atom stereocenters. The third-order valence-electron chi connectivity index (χ3n) is 4.33. The van der Waals surface area contributed by atoms with Crippen LogP contribution in [0.15, 0.2) is 46.1 Å². The SMILES string of the molecule is CCNC(=NCc1ccon1)N1CCN(c2cccc(C(F)(F)F)c2)CC1. The normalized spacial score (nSPS) is 15.9. The first-order valence-corrected chi connectivity index (χ1v) is 8.82. The first-order valence-electron chi connectivity index (χ1n) is 8.82. The van der Waals surface area contributed by atoms with Crippen LogP contribution < -0.4 is 10.2 Å². The molecule has 1 N–H and O–H groups in total. The van der Waals surface area contributed by atoms with Crippen LogP contribution >= 0.6 is 0 Å². The largest absolute Gasteiger partial charge is 0.416 e. The molecule has 0 radical (unpaired) electrons. The Morgan fingerprint density at radius 2 is 2.00 bits per heavy atom. The quantitative estimate of drug-likeness (QED) is 0.652. The predicted molar refractivity (Wildman–Crippen MR) is 96.5 cm³/mol. The van der Waals surface area contributed by atoms with Crippen LogP contribution in [0, 0.1) is 0 Å². The van der Waals surface area contributed by atoms with Crippen LogP contribution in [-0.2, 0) is 12.7 Å². The van der Waals surface area contributed by atoms with E-state index >= 15 is 0 Å². The van der Waals surface area contributed by atoms with Crippen molar-refractivity contribution in [1.82, 2.24) is 15.4 Å². The van der Waals surface area contributed by atoms with Crippen LogP contribution in [0.3, 0.4) is 0 Å². The minimum atomic E-state index is -4.33. The number of hydrogen-bond donors (Lipinski definition) is 1. The Bertz CT molecular complexity index is 753. The van der Waals surface area contributed by atoms with Gasteiger partial charge in [0.2, 0.25) is 0 Å². The predicted octanol–water partition coefficient (Wildman–Crippen LogP) is 2.98. The van der Waals surface area contributed by atoms with Gasteiger partial charge in [0, 0.05) is 44.5 Å². The highest BCUT2D eigenvalue weighted by molar-refractivity contribution is 5.80. The molecule has 1 fully saturated rings. The molecule has 0 aliphatic carbocycles. The van der Waals surface area contributed by atoms with Crippen molar-refractivity contribution >= 4 is 11.6 Å². The number of rotatable bonds is 4. The highest BCUT2D eigenvalue weighted by Crippen LogP contribution is 2.31. The summed E-state index contributed by atoms with van der Waals surface area (Å²) in [5.74, 6) is 0.768. The molecule has 0 saturated carbocycles. The molecular formula is C18H22F3N5O. The third kappa shape index (κ3) is 4.93. The van der Waals surface area contributed by atoms with Gasteiger partial charge in [-0.2, -0.15) is 13.2 Å². The van der Waals surface area contributed by atoms with Gasteiger partial charge in [-0.3, -0.25) is 0 Å². The van der Waals surface area contributed by atoms with Crippen LogP contribution in [0.2, 0.25) is 0 Å². The molecule has 3 rings (SSSR count). The maximum atomic E-state index is 12.9. The number of nitrogens with zero attached hydrogens (tertiary/aromatic N) is 4. The van der Waals surface area contributed by atoms with Gasteiger partial charge in [0.25, 0.3) is 0 Å². The summed E-state index contributed by atoms with van der Waals surface area (Å²) >= 11 is 0. The second-order valence-corrected chi connectivity index (χ2v) is 6.18. The van der Waals surface area contributed by atoms with Crippen molar-refractivity contribution in [2.24, 2.45) is 4.99 Å². The topological polar surface area (TPSA) is 56.9 Å². The van der Waals surface area contributed by atoms with E-state index in [9.17, 15) is 13.2 Å². The number of piperazine rings is 1. The summed E-state index contributed by atoms with van der Waals surface area (Å²) in [5.41, 5.74) is 0.715. The van der Waals surface area contributed by atoms with E-state index in [4.69, 9.17) is 4.52 Å². The van der Waals surface area contributed by atoms with E-state index < -0.39 is 11.7 Å². The summed E-state index contributed by atoms with van der Waals surface area (Å²) in [5, 5.41) is 7.09. The number of alkyl halides is 3. The van der Waals surface area contributed by atoms with Crippen molar-refractivity contribution in [3.05, 3.63) is 47.9 Å². The number of nitrogens with one attached hydrogen (secondary N) is 1. The van der Waals surface area contributed by atoms with Crippen LogP contribution in [0.5, 0.6) is 0 Å². The highest BCUT2D eigenvalue weighted by Gasteiger charge is 2.31. The van der Waals surface area contributed by atoms with Crippen molar-refractivity contribution in [3.63, 3.8) is 0 Å². The lowest BCUT2D eigenvalue weighted by Crippen LogP contribution is -2.52. The third-order valence-corrected chi connectivity index (χ3v) is 4.33. The van der Waals surface area contributed by atoms with Crippen LogP contribution in [0.25, 0.3) is 0 Å². The Morgan fingerprint density at radius 3 is 2.63 bits per heavy atom. The number of benzene rings is 1. The van der Waals surface area contributed by atoms with E-state index in [1.165, 1.54) is 18.4 Å². The molecule has 0 unspecified atom stereocenters. The van der Waals surface area contributed by atoms with E-state index in [-0.39, 0.29) is 0 Å². The van der Waals surface area contributed by atoms with Gasteiger partial charge in [0.1, 0.15) is 12.0 Å². The zero-order valence-corrected chi connectivity index (χ0v) is 15.0. The van der Waals surface area contributed by atoms with Gasteiger partial charge < -0.3 is 19.6 Å². The van der Waals surface area contributed by atoms with Gasteiger partial charge >= 0.3 is 6.18 Å². The van der Waals surface area contributed by atoms with Crippen molar-refractivity contribution in [3.8, 4) is 0 Å². The molecule has 9 heteroatoms. The Morgan fingerprint density at radius 1 is 1.22 bits per heavy atom. The Hall–Kier alpha value is -2.71. The molecule has 6 nitrogen and oxygen atoms in total.